The smallest absolute Gasteiger partial charge is 0.410 e. The van der Waals surface area contributed by atoms with Crippen LogP contribution in [0.1, 0.15) is 61.3 Å². The average molecular weight is 325 g/mol. The zero-order valence-electron chi connectivity index (χ0n) is 15.5. The minimum atomic E-state index is -0.756. The minimum absolute atomic E-state index is 0.00335. The van der Waals surface area contributed by atoms with Crippen molar-refractivity contribution in [3.8, 4) is 0 Å². The van der Waals surface area contributed by atoms with Crippen LogP contribution in [0.2, 0.25) is 0 Å². The maximum absolute atomic E-state index is 12.7. The van der Waals surface area contributed by atoms with E-state index in [2.05, 4.69) is 13.8 Å². The molecule has 1 N–H and O–H groups in total. The van der Waals surface area contributed by atoms with Crippen LogP contribution in [-0.4, -0.2) is 40.3 Å². The van der Waals surface area contributed by atoms with Crippen molar-refractivity contribution in [3.05, 3.63) is 0 Å². The summed E-state index contributed by atoms with van der Waals surface area (Å²) in [4.78, 5) is 26.0. The topological polar surface area (TPSA) is 66.8 Å². The van der Waals surface area contributed by atoms with E-state index >= 15 is 0 Å². The molecule has 1 heterocycles. The van der Waals surface area contributed by atoms with Crippen molar-refractivity contribution in [1.29, 1.82) is 0 Å². The van der Waals surface area contributed by atoms with Gasteiger partial charge in [0.05, 0.1) is 5.92 Å². The number of hydrogen-bond acceptors (Lipinski definition) is 3. The van der Waals surface area contributed by atoms with Gasteiger partial charge in [0.15, 0.2) is 0 Å². The fraction of sp³-hybridized carbons (Fsp3) is 0.889. The number of hydrogen-bond donors (Lipinski definition) is 1. The van der Waals surface area contributed by atoms with Gasteiger partial charge in [-0.2, -0.15) is 0 Å². The normalized spacial score (nSPS) is 32.3. The lowest BCUT2D eigenvalue weighted by Crippen LogP contribution is -2.52. The molecule has 1 saturated carbocycles. The van der Waals surface area contributed by atoms with Crippen LogP contribution in [-0.2, 0) is 9.53 Å². The number of carbonyl (C=O) groups is 2. The molecule has 0 aromatic rings. The van der Waals surface area contributed by atoms with Gasteiger partial charge in [-0.1, -0.05) is 27.7 Å². The van der Waals surface area contributed by atoms with Gasteiger partial charge in [-0.3, -0.25) is 4.79 Å². The predicted octanol–water partition coefficient (Wildman–Crippen LogP) is 3.77. The maximum atomic E-state index is 12.7. The molecule has 2 aliphatic rings. The zero-order chi connectivity index (χ0) is 17.8. The Morgan fingerprint density at radius 2 is 1.74 bits per heavy atom. The Hall–Kier alpha value is -1.26. The molecule has 0 bridgehead atoms. The summed E-state index contributed by atoms with van der Waals surface area (Å²) in [5.74, 6) is -1.13. The van der Waals surface area contributed by atoms with Gasteiger partial charge >= 0.3 is 12.1 Å². The van der Waals surface area contributed by atoms with E-state index in [0.29, 0.717) is 6.54 Å². The predicted molar refractivity (Wildman–Crippen MR) is 88.1 cm³/mol. The van der Waals surface area contributed by atoms with Gasteiger partial charge < -0.3 is 14.7 Å². The first-order valence-corrected chi connectivity index (χ1v) is 8.49. The van der Waals surface area contributed by atoms with E-state index in [0.717, 1.165) is 12.8 Å². The number of likely N-dealkylation sites (tertiary alicyclic amines) is 1. The van der Waals surface area contributed by atoms with Crippen molar-refractivity contribution in [2.24, 2.45) is 22.7 Å². The van der Waals surface area contributed by atoms with Gasteiger partial charge in [0.2, 0.25) is 0 Å². The summed E-state index contributed by atoms with van der Waals surface area (Å²) >= 11 is 0. The first-order valence-electron chi connectivity index (χ1n) is 8.49. The molecule has 0 aromatic carbocycles. The number of amides is 1. The molecule has 5 nitrogen and oxygen atoms in total. The quantitative estimate of drug-likeness (QED) is 0.839. The summed E-state index contributed by atoms with van der Waals surface area (Å²) in [5, 5.41) is 9.47. The molecule has 1 saturated heterocycles. The average Bonchev–Trinajstić information content (AvgIpc) is 2.89. The maximum Gasteiger partial charge on any atom is 0.410 e. The third-order valence-corrected chi connectivity index (χ3v) is 5.33. The number of piperidine rings is 1. The Balaban J connectivity index is 2.23. The standard InChI is InChI=1S/C18H31NO4/c1-16(2,3)23-15(22)19-10-17(4,5)9-8-11(19)12-13(14(20)21)18(12,6)7/h11-13H,8-10H2,1-7H3,(H,20,21). The number of rotatable bonds is 2. The molecular weight excluding hydrogens is 294 g/mol. The highest BCUT2D eigenvalue weighted by molar-refractivity contribution is 5.76. The van der Waals surface area contributed by atoms with Crippen molar-refractivity contribution in [1.82, 2.24) is 4.90 Å². The van der Waals surface area contributed by atoms with Crippen LogP contribution in [0.3, 0.4) is 0 Å². The van der Waals surface area contributed by atoms with Gasteiger partial charge in [0.25, 0.3) is 0 Å². The van der Waals surface area contributed by atoms with Crippen LogP contribution in [0.5, 0.6) is 0 Å². The van der Waals surface area contributed by atoms with E-state index < -0.39 is 11.6 Å². The lowest BCUT2D eigenvalue weighted by Gasteiger charge is -2.44. The van der Waals surface area contributed by atoms with Crippen molar-refractivity contribution < 1.29 is 19.4 Å². The van der Waals surface area contributed by atoms with E-state index in [1.165, 1.54) is 0 Å². The van der Waals surface area contributed by atoms with Gasteiger partial charge in [-0.15, -0.1) is 0 Å². The van der Waals surface area contributed by atoms with Gasteiger partial charge in [-0.05, 0) is 50.4 Å². The highest BCUT2D eigenvalue weighted by Crippen LogP contribution is 2.62. The summed E-state index contributed by atoms with van der Waals surface area (Å²) < 4.78 is 5.58. The number of nitrogens with zero attached hydrogens (tertiary/aromatic N) is 1. The third kappa shape index (κ3) is 3.64. The van der Waals surface area contributed by atoms with Crippen LogP contribution in [0.25, 0.3) is 0 Å². The second-order valence-corrected chi connectivity index (χ2v) is 9.54. The van der Waals surface area contributed by atoms with Crippen LogP contribution >= 0.6 is 0 Å². The highest BCUT2D eigenvalue weighted by Gasteiger charge is 2.66. The molecular formula is C18H31NO4. The lowest BCUT2D eigenvalue weighted by molar-refractivity contribution is -0.139. The molecule has 0 spiro atoms. The molecule has 0 aromatic heterocycles. The highest BCUT2D eigenvalue weighted by atomic mass is 16.6. The number of ether oxygens (including phenoxy) is 1. The van der Waals surface area contributed by atoms with Crippen LogP contribution in [0, 0.1) is 22.7 Å². The first-order chi connectivity index (χ1) is 10.3. The Bertz CT molecular complexity index is 504. The van der Waals surface area contributed by atoms with Crippen LogP contribution in [0.4, 0.5) is 4.79 Å². The van der Waals surface area contributed by atoms with E-state index in [1.54, 1.807) is 4.90 Å². The second kappa shape index (κ2) is 5.38. The Labute approximate surface area is 139 Å². The van der Waals surface area contributed by atoms with E-state index in [9.17, 15) is 14.7 Å². The number of carboxylic acid groups (broad SMARTS) is 1. The molecule has 3 unspecified atom stereocenters. The molecule has 5 heteroatoms. The lowest BCUT2D eigenvalue weighted by atomic mass is 9.79. The van der Waals surface area contributed by atoms with Crippen LogP contribution < -0.4 is 0 Å². The molecule has 1 amide bonds. The summed E-state index contributed by atoms with van der Waals surface area (Å²) in [6.45, 7) is 14.5. The van der Waals surface area contributed by atoms with Crippen molar-refractivity contribution in [2.75, 3.05) is 6.54 Å². The SMILES string of the molecule is CC1(C)CCC(C2C(C(=O)O)C2(C)C)N(C(=O)OC(C)(C)C)C1. The Kier molecular flexibility index (Phi) is 4.23. The van der Waals surface area contributed by atoms with E-state index in [4.69, 9.17) is 4.74 Å². The minimum Gasteiger partial charge on any atom is -0.481 e. The molecule has 132 valence electrons. The molecule has 3 atom stereocenters. The van der Waals surface area contributed by atoms with E-state index in [-0.39, 0.29) is 34.8 Å². The largest absolute Gasteiger partial charge is 0.481 e. The summed E-state index contributed by atoms with van der Waals surface area (Å²) in [5.41, 5.74) is -0.780. The fourth-order valence-corrected chi connectivity index (χ4v) is 4.11. The molecule has 2 rings (SSSR count). The van der Waals surface area contributed by atoms with Crippen molar-refractivity contribution in [3.63, 3.8) is 0 Å². The van der Waals surface area contributed by atoms with E-state index in [1.807, 2.05) is 34.6 Å². The number of carbonyl (C=O) groups excluding carboxylic acids is 1. The van der Waals surface area contributed by atoms with Gasteiger partial charge in [-0.25, -0.2) is 4.79 Å². The summed E-state index contributed by atoms with van der Waals surface area (Å²) in [6.07, 6.45) is 1.52. The first kappa shape index (κ1) is 18.1. The third-order valence-electron chi connectivity index (χ3n) is 5.33. The number of carboxylic acids is 1. The van der Waals surface area contributed by atoms with Gasteiger partial charge in [0.1, 0.15) is 5.60 Å². The Morgan fingerprint density at radius 1 is 1.17 bits per heavy atom. The monoisotopic (exact) mass is 325 g/mol. The van der Waals surface area contributed by atoms with Crippen molar-refractivity contribution >= 4 is 12.1 Å². The molecule has 0 radical (unpaired) electrons. The fourth-order valence-electron chi connectivity index (χ4n) is 4.11. The molecule has 23 heavy (non-hydrogen) atoms. The molecule has 2 fully saturated rings. The summed E-state index contributed by atoms with van der Waals surface area (Å²) in [6, 6.07) is -0.0472. The second-order valence-electron chi connectivity index (χ2n) is 9.54. The molecule has 1 aliphatic carbocycles. The van der Waals surface area contributed by atoms with Gasteiger partial charge in [0, 0.05) is 12.6 Å². The molecule has 1 aliphatic heterocycles. The summed E-state index contributed by atoms with van der Waals surface area (Å²) in [7, 11) is 0. The van der Waals surface area contributed by atoms with Crippen molar-refractivity contribution in [2.45, 2.75) is 73.0 Å². The number of aliphatic carboxylic acids is 1. The Morgan fingerprint density at radius 3 is 2.17 bits per heavy atom. The zero-order valence-corrected chi connectivity index (χ0v) is 15.5. The van der Waals surface area contributed by atoms with Crippen LogP contribution in [0.15, 0.2) is 0 Å².